The average molecular weight is 405 g/mol. The molecule has 0 unspecified atom stereocenters. The van der Waals surface area contributed by atoms with Gasteiger partial charge in [0, 0.05) is 31.0 Å². The van der Waals surface area contributed by atoms with E-state index in [1.54, 1.807) is 0 Å². The minimum absolute atomic E-state index is 0.628. The minimum atomic E-state index is -3.02. The standard InChI is InChI=1S/C24H28N3OP/c1-20-9-13-23(14-10-20)26-17-18-27(24-15-11-21(2)12-16-24)29(26,28)25(3)19-22-7-5-4-6-8-22/h4-16H,17-19H2,1-3H3. The highest BCUT2D eigenvalue weighted by Gasteiger charge is 2.46. The lowest BCUT2D eigenvalue weighted by Crippen LogP contribution is -2.31. The molecule has 0 N–H and O–H groups in total. The summed E-state index contributed by atoms with van der Waals surface area (Å²) in [4.78, 5) is 0. The fraction of sp³-hybridized carbons (Fsp3) is 0.250. The van der Waals surface area contributed by atoms with E-state index in [-0.39, 0.29) is 0 Å². The molecule has 0 bridgehead atoms. The molecule has 1 heterocycles. The summed E-state index contributed by atoms with van der Waals surface area (Å²) in [7, 11) is -1.05. The Bertz CT molecular complexity index is 945. The first kappa shape index (κ1) is 19.8. The smallest absolute Gasteiger partial charge is 0.293 e. The van der Waals surface area contributed by atoms with E-state index in [2.05, 4.69) is 83.9 Å². The highest BCUT2D eigenvalue weighted by Crippen LogP contribution is 2.62. The van der Waals surface area contributed by atoms with E-state index in [9.17, 15) is 4.57 Å². The summed E-state index contributed by atoms with van der Waals surface area (Å²) in [5.41, 5.74) is 5.58. The molecule has 0 saturated carbocycles. The molecule has 1 aliphatic heterocycles. The van der Waals surface area contributed by atoms with Gasteiger partial charge in [0.2, 0.25) is 0 Å². The van der Waals surface area contributed by atoms with E-state index in [1.165, 1.54) is 11.1 Å². The SMILES string of the molecule is Cc1ccc(N2CCN(c3ccc(C)cc3)P2(=O)N(C)Cc2ccccc2)cc1. The second-order valence-electron chi connectivity index (χ2n) is 7.73. The van der Waals surface area contributed by atoms with Crippen molar-refractivity contribution in [1.82, 2.24) is 4.67 Å². The lowest BCUT2D eigenvalue weighted by atomic mass is 10.2. The molecule has 1 fully saturated rings. The quantitative estimate of drug-likeness (QED) is 0.496. The van der Waals surface area contributed by atoms with E-state index >= 15 is 0 Å². The summed E-state index contributed by atoms with van der Waals surface area (Å²) in [5.74, 6) is 0. The zero-order valence-corrected chi connectivity index (χ0v) is 18.2. The van der Waals surface area contributed by atoms with Gasteiger partial charge in [-0.2, -0.15) is 0 Å². The van der Waals surface area contributed by atoms with Gasteiger partial charge in [0.1, 0.15) is 0 Å². The van der Waals surface area contributed by atoms with Crippen LogP contribution in [0.15, 0.2) is 78.9 Å². The van der Waals surface area contributed by atoms with Crippen molar-refractivity contribution in [3.63, 3.8) is 0 Å². The number of hydrogen-bond acceptors (Lipinski definition) is 1. The third kappa shape index (κ3) is 3.83. The van der Waals surface area contributed by atoms with Gasteiger partial charge < -0.3 is 0 Å². The Morgan fingerprint density at radius 1 is 0.759 bits per heavy atom. The van der Waals surface area contributed by atoms with E-state index in [0.29, 0.717) is 6.54 Å². The number of nitrogens with zero attached hydrogens (tertiary/aromatic N) is 3. The summed E-state index contributed by atoms with van der Waals surface area (Å²) >= 11 is 0. The maximum atomic E-state index is 14.7. The number of anilines is 2. The zero-order chi connectivity index (χ0) is 20.4. The first-order valence-electron chi connectivity index (χ1n) is 10.0. The van der Waals surface area contributed by atoms with E-state index in [1.807, 2.05) is 29.9 Å². The fourth-order valence-electron chi connectivity index (χ4n) is 3.88. The van der Waals surface area contributed by atoms with Gasteiger partial charge >= 0.3 is 7.59 Å². The van der Waals surface area contributed by atoms with Crippen LogP contribution in [0.1, 0.15) is 16.7 Å². The van der Waals surface area contributed by atoms with Crippen molar-refractivity contribution >= 4 is 19.0 Å². The molecule has 1 aliphatic rings. The average Bonchev–Trinajstić information content (AvgIpc) is 3.08. The lowest BCUT2D eigenvalue weighted by molar-refractivity contribution is 0.464. The predicted molar refractivity (Wildman–Crippen MR) is 123 cm³/mol. The Labute approximate surface area is 173 Å². The van der Waals surface area contributed by atoms with Crippen LogP contribution in [-0.4, -0.2) is 24.8 Å². The molecule has 0 aliphatic carbocycles. The topological polar surface area (TPSA) is 26.8 Å². The summed E-state index contributed by atoms with van der Waals surface area (Å²) in [5, 5.41) is 0. The van der Waals surface area contributed by atoms with Crippen molar-refractivity contribution < 1.29 is 4.57 Å². The number of benzene rings is 3. The van der Waals surface area contributed by atoms with Crippen LogP contribution in [0.5, 0.6) is 0 Å². The lowest BCUT2D eigenvalue weighted by Gasteiger charge is -2.38. The third-order valence-corrected chi connectivity index (χ3v) is 8.67. The summed E-state index contributed by atoms with van der Waals surface area (Å²) in [6, 6.07) is 26.9. The van der Waals surface area contributed by atoms with Crippen LogP contribution in [-0.2, 0) is 11.1 Å². The summed E-state index contributed by atoms with van der Waals surface area (Å²) in [6.45, 7) is 6.24. The first-order chi connectivity index (χ1) is 14.0. The largest absolute Gasteiger partial charge is 0.335 e. The number of aryl methyl sites for hydroxylation is 2. The molecule has 3 aromatic rings. The molecule has 3 aromatic carbocycles. The zero-order valence-electron chi connectivity index (χ0n) is 17.3. The number of hydrogen-bond donors (Lipinski definition) is 0. The molecule has 0 aromatic heterocycles. The Kier molecular flexibility index (Phi) is 5.49. The predicted octanol–water partition coefficient (Wildman–Crippen LogP) is 5.87. The van der Waals surface area contributed by atoms with E-state index in [0.717, 1.165) is 30.0 Å². The molecule has 0 atom stereocenters. The van der Waals surface area contributed by atoms with Gasteiger partial charge in [0.25, 0.3) is 0 Å². The molecule has 29 heavy (non-hydrogen) atoms. The van der Waals surface area contributed by atoms with Gasteiger partial charge in [-0.15, -0.1) is 0 Å². The maximum absolute atomic E-state index is 14.7. The van der Waals surface area contributed by atoms with Crippen LogP contribution < -0.4 is 9.34 Å². The van der Waals surface area contributed by atoms with Crippen LogP contribution in [0.2, 0.25) is 0 Å². The van der Waals surface area contributed by atoms with Gasteiger partial charge in [-0.25, -0.2) is 4.67 Å². The van der Waals surface area contributed by atoms with Crippen LogP contribution >= 0.6 is 7.59 Å². The van der Waals surface area contributed by atoms with Crippen molar-refractivity contribution in [3.05, 3.63) is 95.6 Å². The minimum Gasteiger partial charge on any atom is -0.293 e. The van der Waals surface area contributed by atoms with Gasteiger partial charge in [-0.3, -0.25) is 13.9 Å². The normalized spacial score (nSPS) is 15.9. The molecule has 4 rings (SSSR count). The molecule has 4 nitrogen and oxygen atoms in total. The first-order valence-corrected chi connectivity index (χ1v) is 11.6. The van der Waals surface area contributed by atoms with E-state index in [4.69, 9.17) is 0 Å². The van der Waals surface area contributed by atoms with Crippen molar-refractivity contribution in [2.45, 2.75) is 20.4 Å². The second-order valence-corrected chi connectivity index (χ2v) is 10.4. The maximum Gasteiger partial charge on any atom is 0.335 e. The van der Waals surface area contributed by atoms with Crippen LogP contribution in [0.4, 0.5) is 11.4 Å². The van der Waals surface area contributed by atoms with Crippen LogP contribution in [0.3, 0.4) is 0 Å². The highest BCUT2D eigenvalue weighted by atomic mass is 31.2. The molecule has 0 radical (unpaired) electrons. The molecular formula is C24H28N3OP. The summed E-state index contributed by atoms with van der Waals surface area (Å²) < 4.78 is 20.9. The van der Waals surface area contributed by atoms with E-state index < -0.39 is 7.59 Å². The second kappa shape index (κ2) is 8.06. The molecular weight excluding hydrogens is 377 g/mol. The third-order valence-electron chi connectivity index (χ3n) is 5.52. The molecule has 0 amide bonds. The number of rotatable bonds is 5. The monoisotopic (exact) mass is 405 g/mol. The molecule has 0 spiro atoms. The van der Waals surface area contributed by atoms with Gasteiger partial charge in [0.05, 0.1) is 0 Å². The molecule has 150 valence electrons. The van der Waals surface area contributed by atoms with Crippen LogP contribution in [0.25, 0.3) is 0 Å². The Balaban J connectivity index is 1.74. The van der Waals surface area contributed by atoms with Crippen molar-refractivity contribution in [1.29, 1.82) is 0 Å². The van der Waals surface area contributed by atoms with Crippen molar-refractivity contribution in [2.24, 2.45) is 0 Å². The van der Waals surface area contributed by atoms with Gasteiger partial charge in [0.15, 0.2) is 0 Å². The highest BCUT2D eigenvalue weighted by molar-refractivity contribution is 7.65. The van der Waals surface area contributed by atoms with Crippen LogP contribution in [0, 0.1) is 13.8 Å². The molecule has 1 saturated heterocycles. The molecule has 5 heteroatoms. The Morgan fingerprint density at radius 3 is 1.66 bits per heavy atom. The van der Waals surface area contributed by atoms with Crippen molar-refractivity contribution in [2.75, 3.05) is 29.5 Å². The fourth-order valence-corrected chi connectivity index (χ4v) is 6.80. The van der Waals surface area contributed by atoms with Gasteiger partial charge in [-0.05, 0) is 50.7 Å². The summed E-state index contributed by atoms with van der Waals surface area (Å²) in [6.07, 6.45) is 0. The Hall–Kier alpha value is -2.55. The Morgan fingerprint density at radius 2 is 1.21 bits per heavy atom. The van der Waals surface area contributed by atoms with Gasteiger partial charge in [-0.1, -0.05) is 65.7 Å². The van der Waals surface area contributed by atoms with Crippen molar-refractivity contribution in [3.8, 4) is 0 Å².